The fourth-order valence-corrected chi connectivity index (χ4v) is 4.35. The van der Waals surface area contributed by atoms with Crippen molar-refractivity contribution in [2.24, 2.45) is 5.10 Å². The largest absolute Gasteiger partial charge is 0.311 e. The van der Waals surface area contributed by atoms with Crippen LogP contribution in [0.1, 0.15) is 43.8 Å². The molecule has 1 aliphatic heterocycles. The first-order valence-corrected chi connectivity index (χ1v) is 13.0. The van der Waals surface area contributed by atoms with Gasteiger partial charge >= 0.3 is 0 Å². The van der Waals surface area contributed by atoms with Crippen molar-refractivity contribution < 1.29 is 9.59 Å². The molecule has 40 heavy (non-hydrogen) atoms. The molecular weight excluding hydrogens is 498 g/mol. The first-order valence-electron chi connectivity index (χ1n) is 13.0. The molecule has 0 bridgehead atoms. The van der Waals surface area contributed by atoms with E-state index in [1.165, 1.54) is 5.56 Å². The second kappa shape index (κ2) is 12.0. The molecule has 4 aromatic rings. The summed E-state index contributed by atoms with van der Waals surface area (Å²) in [6, 6.07) is 31.5. The van der Waals surface area contributed by atoms with Crippen molar-refractivity contribution in [3.8, 4) is 0 Å². The Hall–Kier alpha value is -5.30. The van der Waals surface area contributed by atoms with E-state index < -0.39 is 0 Å². The maximum atomic E-state index is 13.3. The zero-order valence-corrected chi connectivity index (χ0v) is 22.1. The minimum absolute atomic E-state index is 0.0112. The van der Waals surface area contributed by atoms with Crippen LogP contribution in [-0.4, -0.2) is 30.4 Å². The summed E-state index contributed by atoms with van der Waals surface area (Å²) in [5.41, 5.74) is 9.27. The van der Waals surface area contributed by atoms with Crippen molar-refractivity contribution in [3.63, 3.8) is 0 Å². The average Bonchev–Trinajstić information content (AvgIpc) is 3.22. The van der Waals surface area contributed by atoms with E-state index in [1.54, 1.807) is 60.5 Å². The number of fused-ring (bicyclic) bond motifs is 1. The molecule has 0 saturated heterocycles. The summed E-state index contributed by atoms with van der Waals surface area (Å²) in [4.78, 5) is 27.2. The number of carbonyl (C=O) groups is 2. The van der Waals surface area contributed by atoms with Crippen molar-refractivity contribution in [1.82, 2.24) is 5.32 Å². The summed E-state index contributed by atoms with van der Waals surface area (Å²) in [5, 5.41) is 15.4. The molecule has 0 aliphatic carbocycles. The molecule has 198 valence electrons. The third kappa shape index (κ3) is 6.22. The smallest absolute Gasteiger partial charge is 0.258 e. The predicted octanol–water partition coefficient (Wildman–Crippen LogP) is 6.15. The Morgan fingerprint density at radius 1 is 0.800 bits per heavy atom. The highest BCUT2D eigenvalue weighted by Crippen LogP contribution is 2.24. The van der Waals surface area contributed by atoms with Crippen molar-refractivity contribution in [3.05, 3.63) is 137 Å². The van der Waals surface area contributed by atoms with Gasteiger partial charge in [0.15, 0.2) is 0 Å². The molecule has 5 rings (SSSR count). The molecule has 1 heterocycles. The summed E-state index contributed by atoms with van der Waals surface area (Å²) in [7, 11) is 1.71. The van der Waals surface area contributed by atoms with Gasteiger partial charge in [0.25, 0.3) is 11.8 Å². The number of carbonyl (C=O) groups excluding carboxylic acids is 2. The van der Waals surface area contributed by atoms with Gasteiger partial charge in [-0.1, -0.05) is 60.7 Å². The monoisotopic (exact) mass is 527 g/mol. The standard InChI is InChI=1S/C33H29N5O2/c1-38(29-20-16-25(17-21-29)31(34)35-32(39)26-10-6-3-7-11-26)33(40)27-14-13-24-15-19-28(36-37-30(24)22-27)18-12-23-8-4-2-5-9-23/h2-11,13-17,19-22,37H,12,18H2,1H3,(H2,34,35,39). The van der Waals surface area contributed by atoms with Crippen LogP contribution in [0.4, 0.5) is 11.4 Å². The van der Waals surface area contributed by atoms with Gasteiger partial charge in [0.05, 0.1) is 11.4 Å². The molecule has 0 unspecified atom stereocenters. The molecule has 0 aromatic heterocycles. The molecule has 0 atom stereocenters. The van der Waals surface area contributed by atoms with Gasteiger partial charge in [0.1, 0.15) is 5.84 Å². The van der Waals surface area contributed by atoms with Crippen LogP contribution in [-0.2, 0) is 6.42 Å². The van der Waals surface area contributed by atoms with Gasteiger partial charge in [-0.05, 0) is 78.6 Å². The lowest BCUT2D eigenvalue weighted by molar-refractivity contribution is 0.0973. The molecule has 3 N–H and O–H groups in total. The number of allylic oxidation sites excluding steroid dienone is 1. The molecule has 4 aromatic carbocycles. The SMILES string of the molecule is CN(C(=O)c1ccc2c(c1)NN=C(CCc1ccccc1)C=C2)c1ccc(C(=N)NC(=O)c2ccccc2)cc1. The molecule has 7 heteroatoms. The summed E-state index contributed by atoms with van der Waals surface area (Å²) in [6.45, 7) is 0. The quantitative estimate of drug-likeness (QED) is 0.199. The highest BCUT2D eigenvalue weighted by atomic mass is 16.2. The number of rotatable bonds is 7. The summed E-state index contributed by atoms with van der Waals surface area (Å²) >= 11 is 0. The lowest BCUT2D eigenvalue weighted by atomic mass is 10.1. The Labute approximate surface area is 233 Å². The normalized spacial score (nSPS) is 11.9. The number of hydrogen-bond acceptors (Lipinski definition) is 5. The minimum atomic E-state index is -0.346. The van der Waals surface area contributed by atoms with Crippen LogP contribution >= 0.6 is 0 Å². The lowest BCUT2D eigenvalue weighted by Gasteiger charge is -2.19. The Kier molecular flexibility index (Phi) is 7.92. The number of hydrogen-bond donors (Lipinski definition) is 3. The number of benzene rings is 4. The second-order valence-electron chi connectivity index (χ2n) is 9.44. The fraction of sp³-hybridized carbons (Fsp3) is 0.0909. The highest BCUT2D eigenvalue weighted by molar-refractivity contribution is 6.12. The number of nitrogens with zero attached hydrogens (tertiary/aromatic N) is 2. The van der Waals surface area contributed by atoms with E-state index in [9.17, 15) is 9.59 Å². The van der Waals surface area contributed by atoms with Crippen molar-refractivity contribution >= 4 is 40.8 Å². The van der Waals surface area contributed by atoms with Gasteiger partial charge in [0.2, 0.25) is 0 Å². The predicted molar refractivity (Wildman–Crippen MR) is 161 cm³/mol. The third-order valence-corrected chi connectivity index (χ3v) is 6.71. The van der Waals surface area contributed by atoms with E-state index in [2.05, 4.69) is 28.0 Å². The summed E-state index contributed by atoms with van der Waals surface area (Å²) < 4.78 is 0. The topological polar surface area (TPSA) is 97.7 Å². The van der Waals surface area contributed by atoms with Crippen LogP contribution in [0.25, 0.3) is 6.08 Å². The second-order valence-corrected chi connectivity index (χ2v) is 9.44. The van der Waals surface area contributed by atoms with Crippen LogP contribution in [0.2, 0.25) is 0 Å². The molecule has 7 nitrogen and oxygen atoms in total. The molecule has 1 aliphatic rings. The van der Waals surface area contributed by atoms with Gasteiger partial charge in [-0.15, -0.1) is 0 Å². The molecule has 0 fully saturated rings. The Balaban J connectivity index is 1.22. The number of hydrazone groups is 1. The first kappa shape index (κ1) is 26.3. The van der Waals surface area contributed by atoms with E-state index in [0.29, 0.717) is 22.4 Å². The van der Waals surface area contributed by atoms with Gasteiger partial charge in [-0.2, -0.15) is 5.10 Å². The van der Waals surface area contributed by atoms with Crippen LogP contribution in [0.5, 0.6) is 0 Å². The number of amidine groups is 1. The number of amides is 2. The number of nitrogens with one attached hydrogen (secondary N) is 3. The maximum Gasteiger partial charge on any atom is 0.258 e. The van der Waals surface area contributed by atoms with Crippen molar-refractivity contribution in [2.45, 2.75) is 12.8 Å². The van der Waals surface area contributed by atoms with Crippen LogP contribution < -0.4 is 15.6 Å². The Morgan fingerprint density at radius 2 is 1.48 bits per heavy atom. The van der Waals surface area contributed by atoms with Gasteiger partial charge in [0, 0.05) is 29.4 Å². The van der Waals surface area contributed by atoms with Crippen LogP contribution in [0, 0.1) is 5.41 Å². The molecule has 0 saturated carbocycles. The molecule has 2 amide bonds. The molecule has 0 spiro atoms. The van der Waals surface area contributed by atoms with Crippen LogP contribution in [0.3, 0.4) is 0 Å². The van der Waals surface area contributed by atoms with E-state index in [4.69, 9.17) is 5.41 Å². The van der Waals surface area contributed by atoms with E-state index >= 15 is 0 Å². The number of anilines is 2. The average molecular weight is 528 g/mol. The Morgan fingerprint density at radius 3 is 2.20 bits per heavy atom. The van der Waals surface area contributed by atoms with Crippen LogP contribution in [0.15, 0.2) is 114 Å². The van der Waals surface area contributed by atoms with Gasteiger partial charge in [-0.3, -0.25) is 20.4 Å². The fourth-order valence-electron chi connectivity index (χ4n) is 4.35. The van der Waals surface area contributed by atoms with E-state index in [-0.39, 0.29) is 17.6 Å². The summed E-state index contributed by atoms with van der Waals surface area (Å²) in [6.07, 6.45) is 5.73. The first-order chi connectivity index (χ1) is 19.5. The zero-order valence-electron chi connectivity index (χ0n) is 22.1. The van der Waals surface area contributed by atoms with E-state index in [0.717, 1.165) is 29.8 Å². The van der Waals surface area contributed by atoms with E-state index in [1.807, 2.05) is 54.6 Å². The minimum Gasteiger partial charge on any atom is -0.311 e. The zero-order chi connectivity index (χ0) is 27.9. The third-order valence-electron chi connectivity index (χ3n) is 6.71. The molecular formula is C33H29N5O2. The van der Waals surface area contributed by atoms with Crippen molar-refractivity contribution in [2.75, 3.05) is 17.4 Å². The Bertz CT molecular complexity index is 1590. The van der Waals surface area contributed by atoms with Gasteiger partial charge < -0.3 is 10.2 Å². The number of aryl methyl sites for hydroxylation is 1. The van der Waals surface area contributed by atoms with Gasteiger partial charge in [-0.25, -0.2) is 0 Å². The summed E-state index contributed by atoms with van der Waals surface area (Å²) in [5.74, 6) is -0.532. The lowest BCUT2D eigenvalue weighted by Crippen LogP contribution is -2.30. The van der Waals surface area contributed by atoms with Crippen molar-refractivity contribution in [1.29, 1.82) is 5.41 Å². The molecule has 0 radical (unpaired) electrons. The maximum absolute atomic E-state index is 13.3. The highest BCUT2D eigenvalue weighted by Gasteiger charge is 2.17.